The van der Waals surface area contributed by atoms with Crippen LogP contribution in [0.1, 0.15) is 11.1 Å². The molecule has 0 heterocycles. The van der Waals surface area contributed by atoms with Crippen LogP contribution >= 0.6 is 11.6 Å². The largest absolute Gasteiger partial charge is 0.368 e. The summed E-state index contributed by atoms with van der Waals surface area (Å²) < 4.78 is 4.74. The van der Waals surface area contributed by atoms with Crippen molar-refractivity contribution in [3.05, 3.63) is 34.3 Å². The summed E-state index contributed by atoms with van der Waals surface area (Å²) >= 11 is 5.92. The minimum atomic E-state index is -0.751. The highest BCUT2D eigenvalue weighted by Crippen LogP contribution is 2.17. The Hall–Kier alpha value is -0.570. The molecule has 1 aromatic rings. The third kappa shape index (κ3) is 2.99. The lowest BCUT2D eigenvalue weighted by atomic mass is 10.1. The highest BCUT2D eigenvalue weighted by molar-refractivity contribution is 6.31. The SMILES string of the molecule is CO[C@H](O)Cc1ccc(C)c(Cl)c1. The van der Waals surface area contributed by atoms with Crippen molar-refractivity contribution < 1.29 is 9.84 Å². The molecule has 0 aliphatic rings. The highest BCUT2D eigenvalue weighted by atomic mass is 35.5. The van der Waals surface area contributed by atoms with Gasteiger partial charge in [0.2, 0.25) is 0 Å². The van der Waals surface area contributed by atoms with Crippen molar-refractivity contribution in [2.24, 2.45) is 0 Å². The zero-order valence-corrected chi connectivity index (χ0v) is 8.51. The molecule has 0 saturated carbocycles. The fourth-order valence-corrected chi connectivity index (χ4v) is 1.25. The Labute approximate surface area is 83.1 Å². The normalized spacial score (nSPS) is 12.9. The van der Waals surface area contributed by atoms with Gasteiger partial charge >= 0.3 is 0 Å². The van der Waals surface area contributed by atoms with Crippen molar-refractivity contribution in [3.8, 4) is 0 Å². The van der Waals surface area contributed by atoms with Crippen molar-refractivity contribution in [2.45, 2.75) is 19.6 Å². The summed E-state index contributed by atoms with van der Waals surface area (Å²) in [5.41, 5.74) is 2.02. The lowest BCUT2D eigenvalue weighted by molar-refractivity contribution is -0.0720. The van der Waals surface area contributed by atoms with Gasteiger partial charge in [-0.3, -0.25) is 0 Å². The Bertz CT molecular complexity index is 286. The zero-order valence-electron chi connectivity index (χ0n) is 7.75. The summed E-state index contributed by atoms with van der Waals surface area (Å²) in [6, 6.07) is 5.71. The Morgan fingerprint density at radius 1 is 1.54 bits per heavy atom. The third-order valence-electron chi connectivity index (χ3n) is 1.92. The minimum Gasteiger partial charge on any atom is -0.368 e. The predicted octanol–water partition coefficient (Wildman–Crippen LogP) is 2.16. The summed E-state index contributed by atoms with van der Waals surface area (Å²) in [6.45, 7) is 1.94. The van der Waals surface area contributed by atoms with Gasteiger partial charge in [-0.05, 0) is 24.1 Å². The molecule has 0 amide bonds. The number of aryl methyl sites for hydroxylation is 1. The van der Waals surface area contributed by atoms with Gasteiger partial charge in [0.25, 0.3) is 0 Å². The average Bonchev–Trinajstić information content (AvgIpc) is 2.11. The standard InChI is InChI=1S/C10H13ClO2/c1-7-3-4-8(5-9(7)11)6-10(12)13-2/h3-5,10,12H,6H2,1-2H3/t10-/m0/s1. The van der Waals surface area contributed by atoms with Gasteiger partial charge in [-0.15, -0.1) is 0 Å². The van der Waals surface area contributed by atoms with Crippen LogP contribution in [-0.4, -0.2) is 18.5 Å². The van der Waals surface area contributed by atoms with E-state index in [4.69, 9.17) is 16.3 Å². The molecule has 0 aromatic heterocycles. The van der Waals surface area contributed by atoms with Gasteiger partial charge in [-0.2, -0.15) is 0 Å². The second-order valence-electron chi connectivity index (χ2n) is 2.98. The number of methoxy groups -OCH3 is 1. The van der Waals surface area contributed by atoms with Gasteiger partial charge in [0, 0.05) is 18.6 Å². The van der Waals surface area contributed by atoms with E-state index in [1.54, 1.807) is 0 Å². The number of aliphatic hydroxyl groups is 1. The van der Waals surface area contributed by atoms with Gasteiger partial charge in [-0.1, -0.05) is 23.7 Å². The fraction of sp³-hybridized carbons (Fsp3) is 0.400. The molecule has 1 N–H and O–H groups in total. The van der Waals surface area contributed by atoms with E-state index in [1.807, 2.05) is 25.1 Å². The Morgan fingerprint density at radius 2 is 2.23 bits per heavy atom. The van der Waals surface area contributed by atoms with Crippen LogP contribution in [-0.2, 0) is 11.2 Å². The first-order valence-electron chi connectivity index (χ1n) is 4.09. The Balaban J connectivity index is 2.73. The number of ether oxygens (including phenoxy) is 1. The lowest BCUT2D eigenvalue weighted by Gasteiger charge is -2.08. The third-order valence-corrected chi connectivity index (χ3v) is 2.33. The first-order chi connectivity index (χ1) is 6.13. The maximum absolute atomic E-state index is 9.21. The van der Waals surface area contributed by atoms with E-state index >= 15 is 0 Å². The first-order valence-corrected chi connectivity index (χ1v) is 4.47. The number of benzene rings is 1. The number of hydrogen-bond acceptors (Lipinski definition) is 2. The van der Waals surface area contributed by atoms with Crippen LogP contribution in [0.15, 0.2) is 18.2 Å². The van der Waals surface area contributed by atoms with E-state index in [-0.39, 0.29) is 0 Å². The molecular weight excluding hydrogens is 188 g/mol. The molecule has 1 aromatic carbocycles. The van der Waals surface area contributed by atoms with E-state index in [2.05, 4.69) is 0 Å². The summed E-state index contributed by atoms with van der Waals surface area (Å²) in [5.74, 6) is 0. The maximum Gasteiger partial charge on any atom is 0.158 e. The van der Waals surface area contributed by atoms with Crippen LogP contribution in [0, 0.1) is 6.92 Å². The molecule has 0 spiro atoms. The van der Waals surface area contributed by atoms with Crippen LogP contribution in [0.25, 0.3) is 0 Å². The summed E-state index contributed by atoms with van der Waals surface area (Å²) in [5, 5.41) is 9.93. The van der Waals surface area contributed by atoms with Crippen molar-refractivity contribution in [3.63, 3.8) is 0 Å². The van der Waals surface area contributed by atoms with Crippen molar-refractivity contribution >= 4 is 11.6 Å². The topological polar surface area (TPSA) is 29.5 Å². The number of aliphatic hydroxyl groups excluding tert-OH is 1. The molecule has 1 rings (SSSR count). The van der Waals surface area contributed by atoms with E-state index in [1.165, 1.54) is 7.11 Å². The average molecular weight is 201 g/mol. The van der Waals surface area contributed by atoms with Crippen LogP contribution in [0.4, 0.5) is 0 Å². The number of hydrogen-bond donors (Lipinski definition) is 1. The van der Waals surface area contributed by atoms with Crippen LogP contribution in [0.2, 0.25) is 5.02 Å². The smallest absolute Gasteiger partial charge is 0.158 e. The molecule has 0 radical (unpaired) electrons. The van der Waals surface area contributed by atoms with Crippen LogP contribution in [0.3, 0.4) is 0 Å². The summed E-state index contributed by atoms with van der Waals surface area (Å²) in [6.07, 6.45) is -0.282. The van der Waals surface area contributed by atoms with Crippen molar-refractivity contribution in [1.82, 2.24) is 0 Å². The molecule has 0 unspecified atom stereocenters. The second-order valence-corrected chi connectivity index (χ2v) is 3.39. The Kier molecular flexibility index (Phi) is 3.72. The maximum atomic E-state index is 9.21. The van der Waals surface area contributed by atoms with Gasteiger partial charge < -0.3 is 9.84 Å². The monoisotopic (exact) mass is 200 g/mol. The first kappa shape index (κ1) is 10.5. The second kappa shape index (κ2) is 4.61. The highest BCUT2D eigenvalue weighted by Gasteiger charge is 2.04. The van der Waals surface area contributed by atoms with Crippen molar-refractivity contribution in [1.29, 1.82) is 0 Å². The molecule has 1 atom stereocenters. The number of halogens is 1. The molecule has 13 heavy (non-hydrogen) atoms. The molecular formula is C10H13ClO2. The van der Waals surface area contributed by atoms with Crippen molar-refractivity contribution in [2.75, 3.05) is 7.11 Å². The Morgan fingerprint density at radius 3 is 2.77 bits per heavy atom. The zero-order chi connectivity index (χ0) is 9.84. The fourth-order valence-electron chi connectivity index (χ4n) is 1.05. The van der Waals surface area contributed by atoms with E-state index in [0.29, 0.717) is 6.42 Å². The molecule has 0 bridgehead atoms. The molecule has 72 valence electrons. The number of rotatable bonds is 3. The van der Waals surface area contributed by atoms with Gasteiger partial charge in [0.05, 0.1) is 0 Å². The quantitative estimate of drug-likeness (QED) is 0.758. The lowest BCUT2D eigenvalue weighted by Crippen LogP contribution is -2.12. The van der Waals surface area contributed by atoms with Gasteiger partial charge in [-0.25, -0.2) is 0 Å². The molecule has 0 fully saturated rings. The molecule has 3 heteroatoms. The minimum absolute atomic E-state index is 0.469. The van der Waals surface area contributed by atoms with Crippen LogP contribution < -0.4 is 0 Å². The van der Waals surface area contributed by atoms with Crippen LogP contribution in [0.5, 0.6) is 0 Å². The molecule has 0 aliphatic carbocycles. The van der Waals surface area contributed by atoms with E-state index < -0.39 is 6.29 Å². The van der Waals surface area contributed by atoms with E-state index in [0.717, 1.165) is 16.1 Å². The summed E-state index contributed by atoms with van der Waals surface area (Å²) in [7, 11) is 1.47. The van der Waals surface area contributed by atoms with E-state index in [9.17, 15) is 5.11 Å². The predicted molar refractivity (Wildman–Crippen MR) is 52.9 cm³/mol. The summed E-state index contributed by atoms with van der Waals surface area (Å²) in [4.78, 5) is 0. The molecule has 2 nitrogen and oxygen atoms in total. The van der Waals surface area contributed by atoms with Gasteiger partial charge in [0.1, 0.15) is 0 Å². The van der Waals surface area contributed by atoms with Gasteiger partial charge in [0.15, 0.2) is 6.29 Å². The molecule has 0 saturated heterocycles. The molecule has 0 aliphatic heterocycles.